The summed E-state index contributed by atoms with van der Waals surface area (Å²) in [4.78, 5) is 43.9. The molecule has 0 fully saturated rings. The van der Waals surface area contributed by atoms with Gasteiger partial charge in [0.05, 0.1) is 0 Å². The van der Waals surface area contributed by atoms with Crippen molar-refractivity contribution in [1.82, 2.24) is 9.97 Å². The topological polar surface area (TPSA) is 210 Å². The Kier molecular flexibility index (Phi) is 31.7. The van der Waals surface area contributed by atoms with Crippen molar-refractivity contribution in [3.05, 3.63) is 108 Å². The van der Waals surface area contributed by atoms with E-state index in [0.29, 0.717) is 0 Å². The second-order valence-corrected chi connectivity index (χ2v) is 8.38. The molecule has 0 aliphatic heterocycles. The average molecular weight is 732 g/mol. The van der Waals surface area contributed by atoms with Crippen LogP contribution < -0.4 is 31.1 Å². The Morgan fingerprint density at radius 3 is 0.913 bits per heavy atom. The molecule has 0 atom stereocenters. The van der Waals surface area contributed by atoms with Crippen molar-refractivity contribution in [1.29, 1.82) is 0 Å². The number of aliphatic carboxylic acids is 4. The first-order valence-corrected chi connectivity index (χ1v) is 12.8. The number of rotatable bonds is 4. The molecule has 2 aromatic carbocycles. The molecule has 2 N–H and O–H groups in total. The summed E-state index contributed by atoms with van der Waals surface area (Å²) in [5.41, 5.74) is 4.65. The van der Waals surface area contributed by atoms with Crippen LogP contribution in [0.5, 0.6) is 0 Å². The molecule has 14 heteroatoms. The first-order chi connectivity index (χ1) is 20.6. The van der Waals surface area contributed by atoms with E-state index in [1.807, 2.05) is 60.7 Å². The Balaban J connectivity index is -0.000000257. The van der Waals surface area contributed by atoms with Crippen LogP contribution in [0, 0.1) is 13.8 Å². The maximum atomic E-state index is 8.89. The van der Waals surface area contributed by atoms with Gasteiger partial charge in [-0.1, -0.05) is 47.5 Å². The number of carboxylic acids is 4. The van der Waals surface area contributed by atoms with Crippen LogP contribution in [-0.4, -0.2) is 33.8 Å². The number of benzene rings is 2. The average Bonchev–Trinajstić information content (AvgIpc) is 2.92. The van der Waals surface area contributed by atoms with Crippen LogP contribution in [0.1, 0.15) is 38.8 Å². The van der Waals surface area contributed by atoms with Crippen molar-refractivity contribution in [3.63, 3.8) is 0 Å². The Morgan fingerprint density at radius 2 is 0.717 bits per heavy atom. The molecule has 46 heavy (non-hydrogen) atoms. The first kappa shape index (κ1) is 48.2. The molecule has 12 nitrogen and oxygen atoms in total. The van der Waals surface area contributed by atoms with Crippen LogP contribution in [0.4, 0.5) is 23.0 Å². The predicted molar refractivity (Wildman–Crippen MR) is 160 cm³/mol. The van der Waals surface area contributed by atoms with Gasteiger partial charge < -0.3 is 50.2 Å². The van der Waals surface area contributed by atoms with Gasteiger partial charge in [0.1, 0.15) is 11.6 Å². The van der Waals surface area contributed by atoms with Crippen LogP contribution in [0.2, 0.25) is 0 Å². The molecule has 0 amide bonds. The van der Waals surface area contributed by atoms with E-state index in [1.165, 1.54) is 11.1 Å². The van der Waals surface area contributed by atoms with Crippen molar-refractivity contribution in [2.75, 3.05) is 10.6 Å². The minimum absolute atomic E-state index is 0. The normalized spacial score (nSPS) is 8.13. The monoisotopic (exact) mass is 730 g/mol. The van der Waals surface area contributed by atoms with Gasteiger partial charge in [-0.25, -0.2) is 9.97 Å². The summed E-state index contributed by atoms with van der Waals surface area (Å²) in [6, 6.07) is 28.1. The number of nitrogens with zero attached hydrogens (tertiary/aromatic N) is 2. The van der Waals surface area contributed by atoms with E-state index in [9.17, 15) is 0 Å². The van der Waals surface area contributed by atoms with Gasteiger partial charge >= 0.3 is 34.1 Å². The van der Waals surface area contributed by atoms with Crippen LogP contribution in [-0.2, 0) is 53.3 Å². The van der Waals surface area contributed by atoms with Gasteiger partial charge in [-0.05, 0) is 90.1 Å². The number of hydrogen-bond acceptors (Lipinski definition) is 12. The molecule has 0 aliphatic carbocycles. The van der Waals surface area contributed by atoms with Crippen molar-refractivity contribution >= 4 is 46.9 Å². The molecule has 2 aromatic heterocycles. The number of nitrogens with one attached hydrogen (secondary N) is 2. The number of aryl methyl sites for hydroxylation is 2. The van der Waals surface area contributed by atoms with E-state index >= 15 is 0 Å². The molecule has 4 aromatic rings. The fraction of sp³-hybridized carbons (Fsp3) is 0.188. The summed E-state index contributed by atoms with van der Waals surface area (Å²) in [5.74, 6) is -2.59. The molecule has 0 spiro atoms. The molecule has 0 unspecified atom stereocenters. The van der Waals surface area contributed by atoms with Gasteiger partial charge in [0, 0.05) is 47.6 Å². The van der Waals surface area contributed by atoms with Gasteiger partial charge in [0.15, 0.2) is 0 Å². The van der Waals surface area contributed by atoms with Gasteiger partial charge in [-0.2, -0.15) is 0 Å². The summed E-state index contributed by atoms with van der Waals surface area (Å²) in [6.07, 6.45) is 3.55. The molecule has 254 valence electrons. The number of carboxylic acid groups (broad SMARTS) is 4. The zero-order valence-electron chi connectivity index (χ0n) is 26.0. The van der Waals surface area contributed by atoms with Crippen LogP contribution >= 0.6 is 0 Å². The molecule has 0 bridgehead atoms. The number of anilines is 4. The third kappa shape index (κ3) is 37.3. The minimum atomic E-state index is -1.08. The number of carbonyl (C=O) groups excluding carboxylic acids is 4. The van der Waals surface area contributed by atoms with E-state index in [-0.39, 0.29) is 34.1 Å². The van der Waals surface area contributed by atoms with Crippen LogP contribution in [0.3, 0.4) is 0 Å². The summed E-state index contributed by atoms with van der Waals surface area (Å²) in [6.45, 7) is 8.04. The molecular weight excluding hydrogens is 695 g/mol. The Hall–Kier alpha value is -4.74. The first-order valence-electron chi connectivity index (χ1n) is 12.8. The second kappa shape index (κ2) is 30.3. The molecule has 0 saturated carbocycles. The molecule has 2 radical (unpaired) electrons. The predicted octanol–water partition coefficient (Wildman–Crippen LogP) is 1.29. The third-order valence-corrected chi connectivity index (χ3v) is 3.98. The molecular formula is C32H36Cu2N4O8. The maximum Gasteiger partial charge on any atom is 2.00 e. The number of hydrogen-bond donors (Lipinski definition) is 2. The Bertz CT molecular complexity index is 1220. The maximum absolute atomic E-state index is 8.89. The minimum Gasteiger partial charge on any atom is -0.550 e. The Labute approximate surface area is 290 Å². The van der Waals surface area contributed by atoms with Gasteiger partial charge in [-0.15, -0.1) is 0 Å². The SMILES string of the molecule is CC(=O)[O-].CC(=O)[O-].CC(=O)[O-].CC(=O)[O-].Cc1ccc(Nc2ccccn2)cc1.Cc1ccc(Nc2ccccn2)cc1.[Cu+2].[Cu+2]. The van der Waals surface area contributed by atoms with E-state index < -0.39 is 23.9 Å². The van der Waals surface area contributed by atoms with Gasteiger partial charge in [0.25, 0.3) is 0 Å². The number of aromatic nitrogens is 2. The van der Waals surface area contributed by atoms with E-state index in [2.05, 4.69) is 58.7 Å². The Morgan fingerprint density at radius 1 is 0.478 bits per heavy atom. The van der Waals surface area contributed by atoms with Crippen molar-refractivity contribution < 1.29 is 73.7 Å². The fourth-order valence-electron chi connectivity index (χ4n) is 2.44. The van der Waals surface area contributed by atoms with Crippen molar-refractivity contribution in [2.45, 2.75) is 41.5 Å². The summed E-state index contributed by atoms with van der Waals surface area (Å²) in [5, 5.41) is 42.0. The molecule has 2 heterocycles. The van der Waals surface area contributed by atoms with E-state index in [1.54, 1.807) is 12.4 Å². The quantitative estimate of drug-likeness (QED) is 0.285. The zero-order valence-corrected chi connectivity index (χ0v) is 27.9. The zero-order chi connectivity index (χ0) is 33.9. The largest absolute Gasteiger partial charge is 2.00 e. The summed E-state index contributed by atoms with van der Waals surface area (Å²) < 4.78 is 0. The molecule has 0 aliphatic rings. The number of pyridine rings is 2. The molecule has 0 saturated heterocycles. The van der Waals surface area contributed by atoms with Gasteiger partial charge in [-0.3, -0.25) is 0 Å². The fourth-order valence-corrected chi connectivity index (χ4v) is 2.44. The summed E-state index contributed by atoms with van der Waals surface area (Å²) in [7, 11) is 0. The standard InChI is InChI=1S/2C12H12N2.4C2H4O2.2Cu/c2*1-10-5-7-11(8-6-10)14-12-4-2-3-9-13-12;4*1-2(3)4;;/h2*2-9H,1H3,(H,13,14);4*1H3,(H,3,4);;/q;;;;;;2*+2/p-4. The van der Waals surface area contributed by atoms with Crippen molar-refractivity contribution in [2.24, 2.45) is 0 Å². The number of carbonyl (C=O) groups is 4. The van der Waals surface area contributed by atoms with E-state index in [4.69, 9.17) is 39.6 Å². The van der Waals surface area contributed by atoms with Crippen molar-refractivity contribution in [3.8, 4) is 0 Å². The van der Waals surface area contributed by atoms with Crippen LogP contribution in [0.15, 0.2) is 97.3 Å². The van der Waals surface area contributed by atoms with Crippen LogP contribution in [0.25, 0.3) is 0 Å². The smallest absolute Gasteiger partial charge is 0.550 e. The van der Waals surface area contributed by atoms with E-state index in [0.717, 1.165) is 50.7 Å². The second-order valence-electron chi connectivity index (χ2n) is 8.38. The third-order valence-electron chi connectivity index (χ3n) is 3.98. The summed E-state index contributed by atoms with van der Waals surface area (Å²) >= 11 is 0. The van der Waals surface area contributed by atoms with Gasteiger partial charge in [0.2, 0.25) is 0 Å². The molecule has 4 rings (SSSR count).